The summed E-state index contributed by atoms with van der Waals surface area (Å²) in [4.78, 5) is 10.8. The number of carbonyl (C=O) groups excluding carboxylic acids is 1. The van der Waals surface area contributed by atoms with E-state index in [1.165, 1.54) is 12.2 Å². The Hall–Kier alpha value is -1.29. The van der Waals surface area contributed by atoms with Crippen LogP contribution in [-0.2, 0) is 4.79 Å². The molecule has 0 amide bonds. The highest BCUT2D eigenvalue weighted by atomic mass is 16.3. The van der Waals surface area contributed by atoms with Crippen molar-refractivity contribution >= 4 is 5.78 Å². The zero-order valence-electron chi connectivity index (χ0n) is 5.24. The van der Waals surface area contributed by atoms with Crippen LogP contribution in [-0.4, -0.2) is 16.9 Å². The van der Waals surface area contributed by atoms with Gasteiger partial charge in [-0.1, -0.05) is 0 Å². The summed E-state index contributed by atoms with van der Waals surface area (Å²) < 4.78 is 0. The molecule has 0 aromatic carbocycles. The molecule has 1 unspecified atom stereocenters. The number of rotatable bonds is 0. The lowest BCUT2D eigenvalue weighted by molar-refractivity contribution is -0.116. The van der Waals surface area contributed by atoms with Gasteiger partial charge in [-0.3, -0.25) is 4.79 Å². The first-order chi connectivity index (χ1) is 4.63. The Bertz CT molecular complexity index is 228. The lowest BCUT2D eigenvalue weighted by Crippen LogP contribution is -2.37. The van der Waals surface area contributed by atoms with E-state index in [9.17, 15) is 4.79 Å². The van der Waals surface area contributed by atoms with Crippen LogP contribution in [0, 0.1) is 0 Å². The van der Waals surface area contributed by atoms with Gasteiger partial charge >= 0.3 is 0 Å². The predicted octanol–water partition coefficient (Wildman–Crippen LogP) is -0.819. The molecule has 0 fully saturated rings. The second-order valence-electron chi connectivity index (χ2n) is 2.06. The van der Waals surface area contributed by atoms with Gasteiger partial charge in [0.1, 0.15) is 11.8 Å². The number of hydrogen-bond donors (Lipinski definition) is 3. The number of aliphatic hydroxyl groups is 1. The molecule has 0 spiro atoms. The molecule has 0 aromatic rings. The van der Waals surface area contributed by atoms with Crippen molar-refractivity contribution in [3.8, 4) is 0 Å². The number of carbonyl (C=O) groups is 1. The van der Waals surface area contributed by atoms with Crippen LogP contribution in [0.2, 0.25) is 0 Å². The van der Waals surface area contributed by atoms with Crippen LogP contribution in [0.25, 0.3) is 0 Å². The second kappa shape index (κ2) is 2.15. The summed E-state index contributed by atoms with van der Waals surface area (Å²) in [6.07, 6.45) is 2.66. The van der Waals surface area contributed by atoms with Crippen molar-refractivity contribution in [2.24, 2.45) is 11.5 Å². The minimum absolute atomic E-state index is 0.0882. The molecular weight excluding hydrogens is 132 g/mol. The molecule has 0 heterocycles. The molecule has 0 saturated heterocycles. The highest BCUT2D eigenvalue weighted by Gasteiger charge is 2.22. The van der Waals surface area contributed by atoms with Gasteiger partial charge in [0.25, 0.3) is 0 Å². The molecule has 1 aliphatic rings. The van der Waals surface area contributed by atoms with Crippen LogP contribution < -0.4 is 11.5 Å². The Kier molecular flexibility index (Phi) is 1.47. The number of aliphatic hydroxyl groups excluding tert-OH is 1. The standard InChI is InChI=1S/C6H8N2O2/c7-3-1-2-4(9)5(8)6(3)10/h1-2,5,9H,7-8H2. The zero-order chi connectivity index (χ0) is 7.72. The van der Waals surface area contributed by atoms with Crippen LogP contribution in [0.3, 0.4) is 0 Å². The molecule has 10 heavy (non-hydrogen) atoms. The van der Waals surface area contributed by atoms with E-state index >= 15 is 0 Å². The van der Waals surface area contributed by atoms with E-state index in [1.807, 2.05) is 0 Å². The fourth-order valence-corrected chi connectivity index (χ4v) is 0.675. The molecule has 1 atom stereocenters. The fourth-order valence-electron chi connectivity index (χ4n) is 0.675. The molecule has 4 nitrogen and oxygen atoms in total. The molecule has 5 N–H and O–H groups in total. The Morgan fingerprint density at radius 1 is 1.50 bits per heavy atom. The van der Waals surface area contributed by atoms with Crippen LogP contribution in [0.1, 0.15) is 0 Å². The molecule has 0 aliphatic heterocycles. The topological polar surface area (TPSA) is 89.3 Å². The van der Waals surface area contributed by atoms with E-state index in [2.05, 4.69) is 0 Å². The second-order valence-corrected chi connectivity index (χ2v) is 2.06. The van der Waals surface area contributed by atoms with Crippen molar-refractivity contribution in [1.29, 1.82) is 0 Å². The summed E-state index contributed by atoms with van der Waals surface area (Å²) in [5, 5.41) is 8.88. The third-order valence-electron chi connectivity index (χ3n) is 1.32. The SMILES string of the molecule is NC1=CC=C(O)C(N)C1=O. The first kappa shape index (κ1) is 6.82. The number of nitrogens with two attached hydrogens (primary N) is 2. The average Bonchev–Trinajstić information content (AvgIpc) is 1.93. The maximum Gasteiger partial charge on any atom is 0.202 e. The van der Waals surface area contributed by atoms with Crippen molar-refractivity contribution in [3.63, 3.8) is 0 Å². The Balaban J connectivity index is 2.97. The highest BCUT2D eigenvalue weighted by molar-refractivity contribution is 6.01. The maximum atomic E-state index is 10.8. The monoisotopic (exact) mass is 140 g/mol. The zero-order valence-corrected chi connectivity index (χ0v) is 5.24. The molecule has 1 aliphatic carbocycles. The molecular formula is C6H8N2O2. The van der Waals surface area contributed by atoms with E-state index in [-0.39, 0.29) is 11.5 Å². The van der Waals surface area contributed by atoms with E-state index in [0.717, 1.165) is 0 Å². The molecule has 0 radical (unpaired) electrons. The van der Waals surface area contributed by atoms with Crippen LogP contribution in [0.4, 0.5) is 0 Å². The molecule has 0 aromatic heterocycles. The van der Waals surface area contributed by atoms with E-state index in [1.54, 1.807) is 0 Å². The van der Waals surface area contributed by atoms with E-state index < -0.39 is 11.8 Å². The van der Waals surface area contributed by atoms with Gasteiger partial charge in [0, 0.05) is 0 Å². The van der Waals surface area contributed by atoms with Gasteiger partial charge in [0.15, 0.2) is 0 Å². The molecule has 0 bridgehead atoms. The highest BCUT2D eigenvalue weighted by Crippen LogP contribution is 2.07. The third-order valence-corrected chi connectivity index (χ3v) is 1.32. The summed E-state index contributed by atoms with van der Waals surface area (Å²) in [6.45, 7) is 0. The number of allylic oxidation sites excluding steroid dienone is 2. The summed E-state index contributed by atoms with van der Waals surface area (Å²) in [5.74, 6) is -0.570. The van der Waals surface area contributed by atoms with Crippen LogP contribution >= 0.6 is 0 Å². The molecule has 1 rings (SSSR count). The summed E-state index contributed by atoms with van der Waals surface area (Å²) >= 11 is 0. The van der Waals surface area contributed by atoms with Crippen LogP contribution in [0.5, 0.6) is 0 Å². The van der Waals surface area contributed by atoms with Gasteiger partial charge in [0.2, 0.25) is 5.78 Å². The smallest absolute Gasteiger partial charge is 0.202 e. The fraction of sp³-hybridized carbons (Fsp3) is 0.167. The Morgan fingerprint density at radius 2 is 2.10 bits per heavy atom. The Labute approximate surface area is 57.8 Å². The lowest BCUT2D eigenvalue weighted by Gasteiger charge is -2.12. The third kappa shape index (κ3) is 0.886. The number of hydrogen-bond acceptors (Lipinski definition) is 4. The maximum absolute atomic E-state index is 10.8. The lowest BCUT2D eigenvalue weighted by atomic mass is 10.0. The summed E-state index contributed by atoms with van der Waals surface area (Å²) in [6, 6.07) is -0.968. The minimum Gasteiger partial charge on any atom is -0.510 e. The predicted molar refractivity (Wildman–Crippen MR) is 36.0 cm³/mol. The summed E-state index contributed by atoms with van der Waals surface area (Å²) in [5.41, 5.74) is 10.5. The van der Waals surface area contributed by atoms with Crippen molar-refractivity contribution < 1.29 is 9.90 Å². The van der Waals surface area contributed by atoms with E-state index in [0.29, 0.717) is 0 Å². The first-order valence-corrected chi connectivity index (χ1v) is 2.79. The van der Waals surface area contributed by atoms with Crippen molar-refractivity contribution in [2.75, 3.05) is 0 Å². The molecule has 54 valence electrons. The van der Waals surface area contributed by atoms with Crippen LogP contribution in [0.15, 0.2) is 23.6 Å². The van der Waals surface area contributed by atoms with Gasteiger partial charge < -0.3 is 16.6 Å². The van der Waals surface area contributed by atoms with E-state index in [4.69, 9.17) is 16.6 Å². The molecule has 4 heteroatoms. The van der Waals surface area contributed by atoms with Gasteiger partial charge in [-0.25, -0.2) is 0 Å². The first-order valence-electron chi connectivity index (χ1n) is 2.79. The number of Topliss-reactive ketones (excluding diaryl/α,β-unsaturated/α-hetero) is 1. The quantitative estimate of drug-likeness (QED) is 0.410. The van der Waals surface area contributed by atoms with Gasteiger partial charge in [-0.05, 0) is 12.2 Å². The van der Waals surface area contributed by atoms with Crippen molar-refractivity contribution in [2.45, 2.75) is 6.04 Å². The minimum atomic E-state index is -0.968. The van der Waals surface area contributed by atoms with Gasteiger partial charge in [-0.2, -0.15) is 0 Å². The van der Waals surface area contributed by atoms with Crippen molar-refractivity contribution in [3.05, 3.63) is 23.6 Å². The normalized spacial score (nSPS) is 25.7. The van der Waals surface area contributed by atoms with Crippen molar-refractivity contribution in [1.82, 2.24) is 0 Å². The molecule has 0 saturated carbocycles. The van der Waals surface area contributed by atoms with Gasteiger partial charge in [-0.15, -0.1) is 0 Å². The Morgan fingerprint density at radius 3 is 2.60 bits per heavy atom. The largest absolute Gasteiger partial charge is 0.510 e. The summed E-state index contributed by atoms with van der Waals surface area (Å²) in [7, 11) is 0. The average molecular weight is 140 g/mol. The van der Waals surface area contributed by atoms with Gasteiger partial charge in [0.05, 0.1) is 5.70 Å². The number of ketones is 1.